The zero-order valence-corrected chi connectivity index (χ0v) is 22.1. The average molecular weight is 455 g/mol. The molecule has 0 aromatic heterocycles. The van der Waals surface area contributed by atoms with Crippen molar-refractivity contribution in [3.63, 3.8) is 0 Å². The monoisotopic (exact) mass is 454 g/mol. The van der Waals surface area contributed by atoms with Crippen LogP contribution in [-0.4, -0.2) is 29.7 Å². The van der Waals surface area contributed by atoms with Crippen molar-refractivity contribution in [1.29, 1.82) is 0 Å². The Morgan fingerprint density at radius 3 is 2.55 bits per heavy atom. The fourth-order valence-corrected chi connectivity index (χ4v) is 6.35. The van der Waals surface area contributed by atoms with Crippen molar-refractivity contribution in [2.24, 2.45) is 39.5 Å². The number of carbonyl (C=O) groups is 1. The molecule has 0 saturated heterocycles. The highest BCUT2D eigenvalue weighted by Crippen LogP contribution is 2.63. The fourth-order valence-electron chi connectivity index (χ4n) is 6.35. The van der Waals surface area contributed by atoms with Crippen molar-refractivity contribution in [3.05, 3.63) is 35.3 Å². The molecule has 2 saturated carbocycles. The maximum absolute atomic E-state index is 13.6. The molecule has 0 aromatic rings. The van der Waals surface area contributed by atoms with Crippen LogP contribution >= 0.6 is 0 Å². The van der Waals surface area contributed by atoms with E-state index in [9.17, 15) is 9.90 Å². The van der Waals surface area contributed by atoms with Gasteiger partial charge in [-0.2, -0.15) is 0 Å². The molecule has 4 atom stereocenters. The number of aliphatic hydroxyl groups is 1. The largest absolute Gasteiger partial charge is 0.505 e. The van der Waals surface area contributed by atoms with E-state index in [0.29, 0.717) is 53.6 Å². The number of nitrogens with one attached hydrogen (secondary N) is 1. The van der Waals surface area contributed by atoms with Crippen molar-refractivity contribution in [2.75, 3.05) is 13.1 Å². The minimum absolute atomic E-state index is 0.0704. The van der Waals surface area contributed by atoms with E-state index >= 15 is 0 Å². The standard InChI is InChI=1S/C29H46N2O2/c1-18(2)16-30-23-14-24(31-17-19(3)4)27(33)22(26(23)32)15-29(8)21(6)12-13-28(7)20(5)10-9-11-25(28)29/h14,18-19,21,25,30,32H,5,9-13,15-17H2,1-4,6-8H3/t21-,25+,28+,29+/m0/s1. The average Bonchev–Trinajstić information content (AvgIpc) is 2.74. The normalized spacial score (nSPS) is 34.2. The Morgan fingerprint density at radius 1 is 1.21 bits per heavy atom. The third-order valence-corrected chi connectivity index (χ3v) is 8.78. The lowest BCUT2D eigenvalue weighted by Gasteiger charge is -2.59. The Balaban J connectivity index is 2.01. The third kappa shape index (κ3) is 5.00. The molecule has 2 N–H and O–H groups in total. The first kappa shape index (κ1) is 25.8. The summed E-state index contributed by atoms with van der Waals surface area (Å²) < 4.78 is 0. The molecular formula is C29H46N2O2. The second kappa shape index (κ2) is 9.80. The molecule has 0 aromatic carbocycles. The maximum Gasteiger partial charge on any atom is 0.210 e. The van der Waals surface area contributed by atoms with Gasteiger partial charge < -0.3 is 10.4 Å². The fraction of sp³-hybridized carbons (Fsp3) is 0.724. The molecule has 0 unspecified atom stereocenters. The summed E-state index contributed by atoms with van der Waals surface area (Å²) in [6.45, 7) is 21.4. The number of rotatable bonds is 7. The Hall–Kier alpha value is -1.84. The van der Waals surface area contributed by atoms with Crippen LogP contribution in [0.15, 0.2) is 40.2 Å². The summed E-state index contributed by atoms with van der Waals surface area (Å²) >= 11 is 0. The van der Waals surface area contributed by atoms with Gasteiger partial charge >= 0.3 is 0 Å². The van der Waals surface area contributed by atoms with Crippen LogP contribution in [0.4, 0.5) is 0 Å². The molecule has 0 spiro atoms. The van der Waals surface area contributed by atoms with Crippen LogP contribution < -0.4 is 5.32 Å². The van der Waals surface area contributed by atoms with Crippen LogP contribution in [0.3, 0.4) is 0 Å². The number of nitrogens with zero attached hydrogens (tertiary/aromatic N) is 1. The molecule has 33 heavy (non-hydrogen) atoms. The van der Waals surface area contributed by atoms with Crippen LogP contribution in [0, 0.1) is 34.5 Å². The molecule has 4 nitrogen and oxygen atoms in total. The molecule has 3 rings (SSSR count). The maximum atomic E-state index is 13.6. The van der Waals surface area contributed by atoms with Crippen molar-refractivity contribution < 1.29 is 9.90 Å². The first-order chi connectivity index (χ1) is 15.4. The summed E-state index contributed by atoms with van der Waals surface area (Å²) in [5, 5.41) is 14.7. The number of ketones is 1. The van der Waals surface area contributed by atoms with Crippen LogP contribution in [0.2, 0.25) is 0 Å². The third-order valence-electron chi connectivity index (χ3n) is 8.78. The van der Waals surface area contributed by atoms with E-state index in [-0.39, 0.29) is 22.4 Å². The first-order valence-corrected chi connectivity index (χ1v) is 13.1. The number of aliphatic hydroxyl groups excluding tert-OH is 1. The topological polar surface area (TPSA) is 61.7 Å². The number of allylic oxidation sites excluding steroid dienone is 3. The van der Waals surface area contributed by atoms with Crippen molar-refractivity contribution in [3.8, 4) is 0 Å². The zero-order chi connectivity index (χ0) is 24.6. The Bertz CT molecular complexity index is 878. The molecule has 0 radical (unpaired) electrons. The van der Waals surface area contributed by atoms with E-state index in [4.69, 9.17) is 0 Å². The highest BCUT2D eigenvalue weighted by molar-refractivity contribution is 6.50. The van der Waals surface area contributed by atoms with E-state index < -0.39 is 0 Å². The van der Waals surface area contributed by atoms with Gasteiger partial charge in [-0.3, -0.25) is 9.79 Å². The van der Waals surface area contributed by atoms with Crippen LogP contribution in [0.1, 0.15) is 87.0 Å². The highest BCUT2D eigenvalue weighted by atomic mass is 16.3. The smallest absolute Gasteiger partial charge is 0.210 e. The number of aliphatic imine (C=N–C) groups is 1. The van der Waals surface area contributed by atoms with Crippen molar-refractivity contribution in [1.82, 2.24) is 5.32 Å². The second-order valence-corrected chi connectivity index (χ2v) is 12.2. The molecule has 184 valence electrons. The quantitative estimate of drug-likeness (QED) is 0.328. The van der Waals surface area contributed by atoms with Gasteiger partial charge in [-0.1, -0.05) is 60.6 Å². The van der Waals surface area contributed by atoms with Gasteiger partial charge in [-0.15, -0.1) is 0 Å². The van der Waals surface area contributed by atoms with Gasteiger partial charge in [0.25, 0.3) is 0 Å². The Kier molecular flexibility index (Phi) is 7.65. The summed E-state index contributed by atoms with van der Waals surface area (Å²) in [4.78, 5) is 18.3. The van der Waals surface area contributed by atoms with Gasteiger partial charge in [0.1, 0.15) is 11.5 Å². The van der Waals surface area contributed by atoms with Crippen molar-refractivity contribution >= 4 is 11.5 Å². The predicted molar refractivity (Wildman–Crippen MR) is 138 cm³/mol. The van der Waals surface area contributed by atoms with Gasteiger partial charge in [0.15, 0.2) is 0 Å². The summed E-state index contributed by atoms with van der Waals surface area (Å²) in [5.74, 6) is 1.78. The summed E-state index contributed by atoms with van der Waals surface area (Å²) in [5.41, 5.74) is 3.09. The zero-order valence-electron chi connectivity index (χ0n) is 22.1. The Labute approximate surface area is 201 Å². The SMILES string of the molecule is C=C1CCC[C@H]2[C@](C)(CC3=C(O)C(NCC(C)C)=CC(=NCC(C)C)C3=O)[C@@H](C)CC[C@]12C. The molecule has 3 aliphatic rings. The minimum Gasteiger partial charge on any atom is -0.505 e. The molecule has 2 fully saturated rings. The van der Waals surface area contributed by atoms with Gasteiger partial charge in [0.05, 0.1) is 5.70 Å². The molecule has 0 amide bonds. The Morgan fingerprint density at radius 2 is 1.91 bits per heavy atom. The number of hydrogen-bond donors (Lipinski definition) is 2. The van der Waals surface area contributed by atoms with Crippen LogP contribution in [0.5, 0.6) is 0 Å². The van der Waals surface area contributed by atoms with Gasteiger partial charge in [-0.25, -0.2) is 0 Å². The number of carbonyl (C=O) groups excluding carboxylic acids is 1. The second-order valence-electron chi connectivity index (χ2n) is 12.2. The summed E-state index contributed by atoms with van der Waals surface area (Å²) in [7, 11) is 0. The van der Waals surface area contributed by atoms with E-state index in [1.165, 1.54) is 24.8 Å². The number of Topliss-reactive ketones (excluding diaryl/α,β-unsaturated/α-hetero) is 1. The van der Waals surface area contributed by atoms with E-state index in [2.05, 4.69) is 65.4 Å². The molecule has 0 aliphatic heterocycles. The highest BCUT2D eigenvalue weighted by Gasteiger charge is 2.54. The molecule has 4 heteroatoms. The number of fused-ring (bicyclic) bond motifs is 1. The van der Waals surface area contributed by atoms with Crippen molar-refractivity contribution in [2.45, 2.75) is 87.0 Å². The lowest BCUT2D eigenvalue weighted by molar-refractivity contribution is -0.111. The number of hydrogen-bond acceptors (Lipinski definition) is 4. The van der Waals surface area contributed by atoms with E-state index in [0.717, 1.165) is 19.4 Å². The lowest BCUT2D eigenvalue weighted by Crippen LogP contribution is -2.51. The summed E-state index contributed by atoms with van der Waals surface area (Å²) in [6, 6.07) is 0. The van der Waals surface area contributed by atoms with Gasteiger partial charge in [0.2, 0.25) is 5.78 Å². The lowest BCUT2D eigenvalue weighted by atomic mass is 9.46. The minimum atomic E-state index is -0.0985. The first-order valence-electron chi connectivity index (χ1n) is 13.1. The summed E-state index contributed by atoms with van der Waals surface area (Å²) in [6.07, 6.45) is 8.10. The molecule has 0 heterocycles. The molecule has 0 bridgehead atoms. The van der Waals surface area contributed by atoms with E-state index in [1.807, 2.05) is 0 Å². The van der Waals surface area contributed by atoms with E-state index in [1.54, 1.807) is 6.08 Å². The molecule has 3 aliphatic carbocycles. The van der Waals surface area contributed by atoms with Crippen LogP contribution in [-0.2, 0) is 4.79 Å². The molecular weight excluding hydrogens is 408 g/mol. The van der Waals surface area contributed by atoms with Gasteiger partial charge in [0, 0.05) is 18.7 Å². The van der Waals surface area contributed by atoms with Crippen LogP contribution in [0.25, 0.3) is 0 Å². The predicted octanol–water partition coefficient (Wildman–Crippen LogP) is 6.80. The van der Waals surface area contributed by atoms with Gasteiger partial charge in [-0.05, 0) is 79.1 Å².